The number of methoxy groups -OCH3 is 1. The minimum Gasteiger partial charge on any atom is -0.507 e. The standard InChI is InChI=1S/C30H33NO12/c1-12-7-20(42-13(2)25(12)34)43-17-9-30(39,18(32)11-41-19(33)10-31)8-15-22(17)29(38)24-23(27(15)36)26(35)14-5-4-6-16(40-3)21(14)28(24)37/h4-6,12-13,17,20,25,34,36,38-39H,7-11,31H2,1-3H3/t12?,13?,17-,20?,25?,30-/m0/s1. The first-order chi connectivity index (χ1) is 20.3. The molecule has 0 amide bonds. The van der Waals surface area contributed by atoms with Gasteiger partial charge in [0.25, 0.3) is 0 Å². The van der Waals surface area contributed by atoms with Crippen LogP contribution in [0.5, 0.6) is 17.2 Å². The summed E-state index contributed by atoms with van der Waals surface area (Å²) in [6.07, 6.45) is -4.62. The predicted octanol–water partition coefficient (Wildman–Crippen LogP) is 0.820. The molecule has 0 saturated carbocycles. The lowest BCUT2D eigenvalue weighted by atomic mass is 9.72. The van der Waals surface area contributed by atoms with E-state index in [9.17, 15) is 39.6 Å². The second kappa shape index (κ2) is 11.3. The molecule has 3 aliphatic rings. The molecular formula is C30H33NO12. The van der Waals surface area contributed by atoms with E-state index in [0.717, 1.165) is 0 Å². The summed E-state index contributed by atoms with van der Waals surface area (Å²) >= 11 is 0. The predicted molar refractivity (Wildman–Crippen MR) is 146 cm³/mol. The number of phenolic OH excluding ortho intramolecular Hbond substituents is 2. The molecule has 0 bridgehead atoms. The summed E-state index contributed by atoms with van der Waals surface area (Å²) in [5.41, 5.74) is 1.52. The fourth-order valence-corrected chi connectivity index (χ4v) is 6.14. The summed E-state index contributed by atoms with van der Waals surface area (Å²) in [7, 11) is 1.32. The fourth-order valence-electron chi connectivity index (χ4n) is 6.14. The van der Waals surface area contributed by atoms with Gasteiger partial charge in [-0.05, 0) is 18.9 Å². The molecule has 6 atom stereocenters. The number of rotatable bonds is 7. The Morgan fingerprint density at radius 3 is 2.44 bits per heavy atom. The summed E-state index contributed by atoms with van der Waals surface area (Å²) in [4.78, 5) is 52.2. The van der Waals surface area contributed by atoms with Crippen molar-refractivity contribution in [2.24, 2.45) is 11.7 Å². The van der Waals surface area contributed by atoms with Crippen molar-refractivity contribution in [3.8, 4) is 17.2 Å². The Balaban J connectivity index is 1.64. The van der Waals surface area contributed by atoms with E-state index < -0.39 is 102 Å². The van der Waals surface area contributed by atoms with Gasteiger partial charge in [-0.15, -0.1) is 0 Å². The van der Waals surface area contributed by atoms with Crippen molar-refractivity contribution < 1.29 is 58.6 Å². The lowest BCUT2D eigenvalue weighted by Crippen LogP contribution is -2.49. The third-order valence-corrected chi connectivity index (χ3v) is 8.44. The molecule has 5 rings (SSSR count). The molecule has 43 heavy (non-hydrogen) atoms. The SMILES string of the molecule is COc1cccc2c1C(=O)c1c(O)c3c(c(O)c1C2=O)C[C@@](O)(C(=O)COC(=O)CN)C[C@@H]3OC1CC(C)C(O)C(C)O1. The van der Waals surface area contributed by atoms with Crippen molar-refractivity contribution in [1.29, 1.82) is 0 Å². The zero-order chi connectivity index (χ0) is 31.4. The first-order valence-electron chi connectivity index (χ1n) is 13.8. The van der Waals surface area contributed by atoms with E-state index in [0.29, 0.717) is 0 Å². The van der Waals surface area contributed by atoms with Crippen molar-refractivity contribution in [3.05, 3.63) is 51.6 Å². The number of ketones is 3. The van der Waals surface area contributed by atoms with Gasteiger partial charge in [0.1, 0.15) is 22.8 Å². The molecule has 13 nitrogen and oxygen atoms in total. The Morgan fingerprint density at radius 1 is 1.09 bits per heavy atom. The molecule has 4 unspecified atom stereocenters. The van der Waals surface area contributed by atoms with Crippen molar-refractivity contribution >= 4 is 23.3 Å². The summed E-state index contributed by atoms with van der Waals surface area (Å²) in [6, 6.07) is 4.36. The van der Waals surface area contributed by atoms with Gasteiger partial charge in [-0.25, -0.2) is 0 Å². The average molecular weight is 600 g/mol. The first-order valence-corrected chi connectivity index (χ1v) is 13.8. The van der Waals surface area contributed by atoms with E-state index in [-0.39, 0.29) is 40.3 Å². The molecule has 0 aromatic heterocycles. The smallest absolute Gasteiger partial charge is 0.320 e. The van der Waals surface area contributed by atoms with Crippen LogP contribution in [0.2, 0.25) is 0 Å². The van der Waals surface area contributed by atoms with Crippen molar-refractivity contribution in [2.75, 3.05) is 20.3 Å². The molecule has 2 aliphatic carbocycles. The highest BCUT2D eigenvalue weighted by Gasteiger charge is 2.50. The Kier molecular flexibility index (Phi) is 8.05. The summed E-state index contributed by atoms with van der Waals surface area (Å²) in [5.74, 6) is -4.92. The minimum atomic E-state index is -2.29. The van der Waals surface area contributed by atoms with E-state index in [1.807, 2.05) is 0 Å². The van der Waals surface area contributed by atoms with E-state index in [2.05, 4.69) is 0 Å². The van der Waals surface area contributed by atoms with Crippen LogP contribution >= 0.6 is 0 Å². The maximum absolute atomic E-state index is 13.8. The molecule has 2 aromatic rings. The number of Topliss-reactive ketones (excluding diaryl/α,β-unsaturated/α-hetero) is 1. The van der Waals surface area contributed by atoms with Crippen LogP contribution in [0.3, 0.4) is 0 Å². The van der Waals surface area contributed by atoms with Crippen LogP contribution in [-0.4, -0.2) is 88.1 Å². The Morgan fingerprint density at radius 2 is 1.79 bits per heavy atom. The number of aromatic hydroxyl groups is 2. The van der Waals surface area contributed by atoms with Crippen LogP contribution in [0, 0.1) is 5.92 Å². The Bertz CT molecular complexity index is 1510. The topological polar surface area (TPSA) is 212 Å². The summed E-state index contributed by atoms with van der Waals surface area (Å²) in [5, 5.41) is 45.0. The number of phenols is 2. The maximum Gasteiger partial charge on any atom is 0.320 e. The van der Waals surface area contributed by atoms with Gasteiger partial charge in [0.15, 0.2) is 18.7 Å². The van der Waals surface area contributed by atoms with Crippen LogP contribution in [-0.2, 0) is 30.2 Å². The van der Waals surface area contributed by atoms with Gasteiger partial charge in [-0.3, -0.25) is 19.2 Å². The highest BCUT2D eigenvalue weighted by atomic mass is 16.7. The molecule has 13 heteroatoms. The molecule has 6 N–H and O–H groups in total. The third-order valence-electron chi connectivity index (χ3n) is 8.44. The molecule has 1 aliphatic heterocycles. The molecule has 1 saturated heterocycles. The van der Waals surface area contributed by atoms with E-state index in [4.69, 9.17) is 24.7 Å². The summed E-state index contributed by atoms with van der Waals surface area (Å²) < 4.78 is 22.1. The molecular weight excluding hydrogens is 566 g/mol. The summed E-state index contributed by atoms with van der Waals surface area (Å²) in [6.45, 7) is 2.10. The van der Waals surface area contributed by atoms with Gasteiger partial charge >= 0.3 is 5.97 Å². The van der Waals surface area contributed by atoms with Crippen LogP contribution in [0.25, 0.3) is 0 Å². The highest BCUT2D eigenvalue weighted by molar-refractivity contribution is 6.31. The number of nitrogens with two attached hydrogens (primary N) is 1. The number of fused-ring (bicyclic) bond motifs is 3. The van der Waals surface area contributed by atoms with Crippen LogP contribution in [0.4, 0.5) is 0 Å². The van der Waals surface area contributed by atoms with Crippen molar-refractivity contribution in [1.82, 2.24) is 0 Å². The number of hydrogen-bond acceptors (Lipinski definition) is 13. The minimum absolute atomic E-state index is 0.0627. The maximum atomic E-state index is 13.8. The third kappa shape index (κ3) is 5.06. The average Bonchev–Trinajstić information content (AvgIpc) is 2.98. The van der Waals surface area contributed by atoms with Gasteiger partial charge in [0.05, 0.1) is 48.7 Å². The molecule has 2 aromatic carbocycles. The first kappa shape index (κ1) is 30.6. The number of hydrogen-bond donors (Lipinski definition) is 5. The van der Waals surface area contributed by atoms with Crippen molar-refractivity contribution in [3.63, 3.8) is 0 Å². The number of aliphatic hydroxyl groups excluding tert-OH is 1. The molecule has 0 spiro atoms. The molecule has 230 valence electrons. The van der Waals surface area contributed by atoms with Crippen LogP contribution in [0.15, 0.2) is 18.2 Å². The second-order valence-electron chi connectivity index (χ2n) is 11.2. The normalized spacial score (nSPS) is 28.0. The van der Waals surface area contributed by atoms with E-state index >= 15 is 0 Å². The number of carbonyl (C=O) groups is 4. The molecule has 1 heterocycles. The van der Waals surface area contributed by atoms with E-state index in [1.165, 1.54) is 25.3 Å². The monoisotopic (exact) mass is 599 g/mol. The van der Waals surface area contributed by atoms with Crippen molar-refractivity contribution in [2.45, 2.75) is 63.3 Å². The van der Waals surface area contributed by atoms with Crippen LogP contribution in [0.1, 0.15) is 75.8 Å². The lowest BCUT2D eigenvalue weighted by Gasteiger charge is -2.42. The number of ether oxygens (including phenoxy) is 4. The highest BCUT2D eigenvalue weighted by Crippen LogP contribution is 2.52. The van der Waals surface area contributed by atoms with Gasteiger partial charge in [-0.2, -0.15) is 0 Å². The van der Waals surface area contributed by atoms with Gasteiger partial charge in [0, 0.05) is 36.0 Å². The fraction of sp³-hybridized carbons (Fsp3) is 0.467. The number of aliphatic hydroxyl groups is 2. The van der Waals surface area contributed by atoms with Gasteiger partial charge < -0.3 is 45.1 Å². The number of esters is 1. The van der Waals surface area contributed by atoms with E-state index in [1.54, 1.807) is 13.8 Å². The van der Waals surface area contributed by atoms with Gasteiger partial charge in [0.2, 0.25) is 11.6 Å². The van der Waals surface area contributed by atoms with Crippen LogP contribution < -0.4 is 10.5 Å². The van der Waals surface area contributed by atoms with Gasteiger partial charge in [-0.1, -0.05) is 19.1 Å². The molecule has 1 fully saturated rings. The molecule has 0 radical (unpaired) electrons. The Labute approximate surface area is 246 Å². The zero-order valence-electron chi connectivity index (χ0n) is 23.8. The number of carbonyl (C=O) groups excluding carboxylic acids is 4. The zero-order valence-corrected chi connectivity index (χ0v) is 23.8. The second-order valence-corrected chi connectivity index (χ2v) is 11.2. The Hall–Kier alpha value is -3.88. The quantitative estimate of drug-likeness (QED) is 0.188. The lowest BCUT2D eigenvalue weighted by molar-refractivity contribution is -0.255. The number of benzene rings is 2. The largest absolute Gasteiger partial charge is 0.507 e.